The van der Waals surface area contributed by atoms with Crippen molar-refractivity contribution < 1.29 is 23.9 Å². The number of imide groups is 2. The summed E-state index contributed by atoms with van der Waals surface area (Å²) in [7, 11) is 0. The van der Waals surface area contributed by atoms with Gasteiger partial charge in [-0.25, -0.2) is 9.59 Å². The fraction of sp³-hybridized carbons (Fsp3) is 0.812. The summed E-state index contributed by atoms with van der Waals surface area (Å²) in [6.45, 7) is 18.3. The van der Waals surface area contributed by atoms with Crippen LogP contribution in [0.5, 0.6) is 0 Å². The smallest absolute Gasteiger partial charge is 0.327 e. The van der Waals surface area contributed by atoms with Crippen molar-refractivity contribution in [1.29, 1.82) is 0 Å². The summed E-state index contributed by atoms with van der Waals surface area (Å²) in [4.78, 5) is 55.5. The molecule has 0 aromatic heterocycles. The summed E-state index contributed by atoms with van der Waals surface area (Å²) < 4.78 is 5.95. The second-order valence-corrected chi connectivity index (χ2v) is 11.9. The number of likely N-dealkylation sites (N-methyl/N-ethyl adjacent to an activating group) is 2. The van der Waals surface area contributed by atoms with E-state index in [1.54, 1.807) is 9.80 Å². The van der Waals surface area contributed by atoms with Gasteiger partial charge >= 0.3 is 12.1 Å². The number of unbranched alkanes of at least 4 members (excludes halogenated alkanes) is 2. The van der Waals surface area contributed by atoms with Crippen LogP contribution in [-0.2, 0) is 14.3 Å². The maximum Gasteiger partial charge on any atom is 0.327 e. The molecule has 2 aliphatic rings. The number of nitrogens with zero attached hydrogens (tertiary/aromatic N) is 4. The van der Waals surface area contributed by atoms with Crippen LogP contribution in [0.15, 0.2) is 12.7 Å². The van der Waals surface area contributed by atoms with Gasteiger partial charge in [0.05, 0.1) is 0 Å². The van der Waals surface area contributed by atoms with Crippen molar-refractivity contribution in [3.8, 4) is 0 Å². The number of rotatable bonds is 22. The molecule has 41 heavy (non-hydrogen) atoms. The predicted molar refractivity (Wildman–Crippen MR) is 162 cm³/mol. The second kappa shape index (κ2) is 16.9. The Balaban J connectivity index is 1.65. The zero-order chi connectivity index (χ0) is 30.5. The lowest BCUT2D eigenvalue weighted by molar-refractivity contribution is -0.126. The van der Waals surface area contributed by atoms with Gasteiger partial charge in [-0.2, -0.15) is 0 Å². The van der Waals surface area contributed by atoms with Gasteiger partial charge in [-0.15, -0.1) is 6.58 Å². The molecule has 6 amide bonds. The van der Waals surface area contributed by atoms with E-state index in [0.29, 0.717) is 32.8 Å². The van der Waals surface area contributed by atoms with Gasteiger partial charge in [0.15, 0.2) is 0 Å². The molecule has 0 aliphatic carbocycles. The lowest BCUT2D eigenvalue weighted by Crippen LogP contribution is -2.41. The number of carbonyl (C=O) groups is 4. The van der Waals surface area contributed by atoms with Crippen molar-refractivity contribution in [2.45, 2.75) is 105 Å². The highest BCUT2D eigenvalue weighted by Gasteiger charge is 2.40. The van der Waals surface area contributed by atoms with Crippen molar-refractivity contribution in [1.82, 2.24) is 19.6 Å². The highest BCUT2D eigenvalue weighted by atomic mass is 16.5. The number of hydrogen-bond donors (Lipinski definition) is 0. The summed E-state index contributed by atoms with van der Waals surface area (Å²) in [5, 5.41) is 0. The lowest BCUT2D eigenvalue weighted by atomic mass is 9.74. The molecular formula is C32H56N4O5. The maximum absolute atomic E-state index is 12.6. The molecule has 0 aromatic carbocycles. The van der Waals surface area contributed by atoms with E-state index >= 15 is 0 Å². The Bertz CT molecular complexity index is 889. The minimum atomic E-state index is -0.260. The van der Waals surface area contributed by atoms with Crippen LogP contribution in [0.1, 0.15) is 105 Å². The van der Waals surface area contributed by atoms with Gasteiger partial charge in [0.2, 0.25) is 11.8 Å². The fourth-order valence-electron chi connectivity index (χ4n) is 6.23. The molecule has 0 saturated carbocycles. The molecule has 0 N–H and O–H groups in total. The van der Waals surface area contributed by atoms with E-state index in [1.165, 1.54) is 9.80 Å². The Labute approximate surface area is 248 Å². The molecule has 2 fully saturated rings. The third-order valence-corrected chi connectivity index (χ3v) is 9.68. The van der Waals surface area contributed by atoms with Crippen LogP contribution in [0.4, 0.5) is 9.59 Å². The van der Waals surface area contributed by atoms with E-state index in [9.17, 15) is 19.2 Å². The van der Waals surface area contributed by atoms with Crippen molar-refractivity contribution in [3.05, 3.63) is 12.7 Å². The van der Waals surface area contributed by atoms with Crippen molar-refractivity contribution in [2.75, 3.05) is 52.5 Å². The first-order valence-corrected chi connectivity index (χ1v) is 16.0. The number of carbonyl (C=O) groups excluding carboxylic acids is 4. The van der Waals surface area contributed by atoms with Gasteiger partial charge in [0.1, 0.15) is 13.1 Å². The lowest BCUT2D eigenvalue weighted by Gasteiger charge is -2.33. The van der Waals surface area contributed by atoms with E-state index in [0.717, 1.165) is 77.2 Å². The van der Waals surface area contributed by atoms with Gasteiger partial charge in [-0.05, 0) is 64.2 Å². The largest absolute Gasteiger partial charge is 0.381 e. The highest BCUT2D eigenvalue weighted by molar-refractivity contribution is 6.02. The van der Waals surface area contributed by atoms with Crippen molar-refractivity contribution >= 4 is 23.9 Å². The summed E-state index contributed by atoms with van der Waals surface area (Å²) >= 11 is 0. The molecule has 1 atom stereocenters. The molecule has 2 heterocycles. The Morgan fingerprint density at radius 1 is 0.707 bits per heavy atom. The Hall–Kier alpha value is -2.42. The van der Waals surface area contributed by atoms with E-state index in [2.05, 4.69) is 27.4 Å². The van der Waals surface area contributed by atoms with Crippen LogP contribution in [0.25, 0.3) is 0 Å². The number of amides is 6. The molecular weight excluding hydrogens is 520 g/mol. The van der Waals surface area contributed by atoms with Crippen LogP contribution in [0, 0.1) is 10.8 Å². The van der Waals surface area contributed by atoms with E-state index < -0.39 is 0 Å². The third-order valence-electron chi connectivity index (χ3n) is 9.68. The highest BCUT2D eigenvalue weighted by Crippen LogP contribution is 2.38. The van der Waals surface area contributed by atoms with E-state index in [4.69, 9.17) is 4.74 Å². The van der Waals surface area contributed by atoms with Gasteiger partial charge in [-0.3, -0.25) is 19.4 Å². The minimum absolute atomic E-state index is 0.0717. The summed E-state index contributed by atoms with van der Waals surface area (Å²) in [5.74, 6) is -0.187. The predicted octanol–water partition coefficient (Wildman–Crippen LogP) is 6.08. The van der Waals surface area contributed by atoms with E-state index in [-0.39, 0.29) is 47.8 Å². The van der Waals surface area contributed by atoms with Crippen molar-refractivity contribution in [3.63, 3.8) is 0 Å². The van der Waals surface area contributed by atoms with Crippen LogP contribution in [0.2, 0.25) is 0 Å². The Morgan fingerprint density at radius 3 is 1.71 bits per heavy atom. The molecule has 0 spiro atoms. The second-order valence-electron chi connectivity index (χ2n) is 11.9. The Morgan fingerprint density at radius 2 is 1.22 bits per heavy atom. The monoisotopic (exact) mass is 576 g/mol. The fourth-order valence-corrected chi connectivity index (χ4v) is 6.23. The maximum atomic E-state index is 12.6. The first kappa shape index (κ1) is 34.8. The molecule has 0 aromatic rings. The van der Waals surface area contributed by atoms with Crippen molar-refractivity contribution in [2.24, 2.45) is 10.8 Å². The standard InChI is InChI=1S/C32H56N4O5/c1-7-31(8-2,20-17-21-35-27(37)24-33(11-5)29(35)39)18-13-15-22-41-23-16-14-19-32(9-3,10-4)26-36-28(38)25-34(12-6)30(36)40/h9H,3,7-8,10-26H2,1-2,4-6H3. The van der Waals surface area contributed by atoms with Crippen LogP contribution in [-0.4, -0.2) is 96.0 Å². The molecule has 2 rings (SSSR count). The average molecular weight is 577 g/mol. The molecule has 1 unspecified atom stereocenters. The summed E-state index contributed by atoms with van der Waals surface area (Å²) in [6, 6.07) is -0.325. The van der Waals surface area contributed by atoms with E-state index in [1.807, 2.05) is 19.9 Å². The zero-order valence-electron chi connectivity index (χ0n) is 26.5. The molecule has 0 bridgehead atoms. The van der Waals surface area contributed by atoms with Crippen LogP contribution < -0.4 is 0 Å². The SMILES string of the molecule is C=CC(CC)(CCCCOCCCCC(CC)(CC)CCCN1C(=O)CN(CC)C1=O)CN1C(=O)CN(CC)C1=O. The number of urea groups is 2. The first-order chi connectivity index (χ1) is 19.6. The quantitative estimate of drug-likeness (QED) is 0.0885. The number of ether oxygens (including phenoxy) is 1. The van der Waals surface area contributed by atoms with Gasteiger partial charge < -0.3 is 14.5 Å². The third kappa shape index (κ3) is 9.29. The van der Waals surface area contributed by atoms with Gasteiger partial charge in [0.25, 0.3) is 0 Å². The minimum Gasteiger partial charge on any atom is -0.381 e. The van der Waals surface area contributed by atoms with Gasteiger partial charge in [-0.1, -0.05) is 52.5 Å². The zero-order valence-corrected chi connectivity index (χ0v) is 26.5. The molecule has 2 saturated heterocycles. The summed E-state index contributed by atoms with van der Waals surface area (Å²) in [5.41, 5.74) is -0.0137. The molecule has 9 nitrogen and oxygen atoms in total. The normalized spacial score (nSPS) is 17.8. The number of hydrogen-bond acceptors (Lipinski definition) is 5. The Kier molecular flexibility index (Phi) is 14.3. The molecule has 2 aliphatic heterocycles. The van der Waals surface area contributed by atoms with Crippen LogP contribution >= 0.6 is 0 Å². The van der Waals surface area contributed by atoms with Gasteiger partial charge in [0, 0.05) is 44.8 Å². The summed E-state index contributed by atoms with van der Waals surface area (Å²) in [6.07, 6.45) is 12.9. The molecule has 9 heteroatoms. The topological polar surface area (TPSA) is 90.5 Å². The van der Waals surface area contributed by atoms with Crippen LogP contribution in [0.3, 0.4) is 0 Å². The molecule has 234 valence electrons. The average Bonchev–Trinajstić information content (AvgIpc) is 3.42. The molecule has 0 radical (unpaired) electrons. The first-order valence-electron chi connectivity index (χ1n) is 16.0.